The van der Waals surface area contributed by atoms with Crippen molar-refractivity contribution in [2.75, 3.05) is 25.1 Å². The van der Waals surface area contributed by atoms with Crippen LogP contribution in [0.25, 0.3) is 16.9 Å². The zero-order chi connectivity index (χ0) is 19.1. The summed E-state index contributed by atoms with van der Waals surface area (Å²) in [6.07, 6.45) is 4.03. The summed E-state index contributed by atoms with van der Waals surface area (Å²) in [5.74, 6) is 1.05. The molecule has 7 heteroatoms. The number of hydrogen-bond donors (Lipinski definition) is 1. The molecule has 1 N–H and O–H groups in total. The predicted octanol–water partition coefficient (Wildman–Crippen LogP) is 3.55. The van der Waals surface area contributed by atoms with Gasteiger partial charge in [-0.15, -0.1) is 5.10 Å². The van der Waals surface area contributed by atoms with Crippen LogP contribution < -0.4 is 10.1 Å². The molecule has 0 aliphatic rings. The van der Waals surface area contributed by atoms with E-state index in [0.717, 1.165) is 42.1 Å². The number of aromatic nitrogens is 3. The molecule has 0 spiro atoms. The number of esters is 1. The van der Waals surface area contributed by atoms with E-state index < -0.39 is 0 Å². The number of anilines is 1. The van der Waals surface area contributed by atoms with Crippen LogP contribution in [-0.2, 0) is 9.53 Å². The molecule has 1 aromatic carbocycles. The van der Waals surface area contributed by atoms with Crippen molar-refractivity contribution in [1.82, 2.24) is 14.6 Å². The van der Waals surface area contributed by atoms with E-state index in [-0.39, 0.29) is 12.6 Å². The van der Waals surface area contributed by atoms with Gasteiger partial charge in [0.1, 0.15) is 11.6 Å². The number of carbonyl (C=O) groups excluding carboxylic acids is 1. The first-order valence-corrected chi connectivity index (χ1v) is 9.18. The molecule has 0 radical (unpaired) electrons. The van der Waals surface area contributed by atoms with E-state index >= 15 is 0 Å². The number of nitrogens with zero attached hydrogens (tertiary/aromatic N) is 3. The average molecular weight is 368 g/mol. The largest absolute Gasteiger partial charge is 0.482 e. The van der Waals surface area contributed by atoms with Gasteiger partial charge in [-0.05, 0) is 49.7 Å². The topological polar surface area (TPSA) is 77.8 Å². The Labute approximate surface area is 158 Å². The summed E-state index contributed by atoms with van der Waals surface area (Å²) in [6.45, 7) is 5.06. The molecule has 0 saturated heterocycles. The zero-order valence-corrected chi connectivity index (χ0v) is 15.6. The van der Waals surface area contributed by atoms with E-state index in [0.29, 0.717) is 12.4 Å². The van der Waals surface area contributed by atoms with E-state index in [1.54, 1.807) is 13.1 Å². The summed E-state index contributed by atoms with van der Waals surface area (Å²) < 4.78 is 12.1. The van der Waals surface area contributed by atoms with Crippen molar-refractivity contribution in [3.63, 3.8) is 0 Å². The molecule has 2 aromatic heterocycles. The minimum atomic E-state index is -0.379. The lowest BCUT2D eigenvalue weighted by Gasteiger charge is -2.08. The third-order valence-corrected chi connectivity index (χ3v) is 4.01. The van der Waals surface area contributed by atoms with Gasteiger partial charge in [0.2, 0.25) is 0 Å². The Balaban J connectivity index is 1.74. The number of rotatable bonds is 9. The minimum Gasteiger partial charge on any atom is -0.482 e. The first-order chi connectivity index (χ1) is 13.2. The molecule has 2 heterocycles. The van der Waals surface area contributed by atoms with Crippen LogP contribution in [0, 0.1) is 0 Å². The Morgan fingerprint density at radius 1 is 1.15 bits per heavy atom. The molecule has 0 fully saturated rings. The number of carbonyl (C=O) groups is 1. The van der Waals surface area contributed by atoms with Crippen molar-refractivity contribution >= 4 is 17.4 Å². The number of nitrogens with one attached hydrogen (secondary N) is 1. The van der Waals surface area contributed by atoms with Crippen molar-refractivity contribution in [2.45, 2.75) is 26.7 Å². The van der Waals surface area contributed by atoms with Crippen molar-refractivity contribution in [2.24, 2.45) is 0 Å². The van der Waals surface area contributed by atoms with Crippen molar-refractivity contribution < 1.29 is 14.3 Å². The van der Waals surface area contributed by atoms with Gasteiger partial charge in [0.05, 0.1) is 18.5 Å². The molecule has 27 heavy (non-hydrogen) atoms. The summed E-state index contributed by atoms with van der Waals surface area (Å²) in [7, 11) is 0. The quantitative estimate of drug-likeness (QED) is 0.460. The van der Waals surface area contributed by atoms with Gasteiger partial charge in [0.15, 0.2) is 12.3 Å². The fraction of sp³-hybridized carbons (Fsp3) is 0.350. The minimum absolute atomic E-state index is 0.100. The van der Waals surface area contributed by atoms with Crippen molar-refractivity contribution in [3.8, 4) is 17.0 Å². The number of benzene rings is 1. The number of unbranched alkanes of at least 4 members (excludes halogenated alkanes) is 1. The summed E-state index contributed by atoms with van der Waals surface area (Å²) in [4.78, 5) is 15.8. The maximum Gasteiger partial charge on any atom is 0.344 e. The van der Waals surface area contributed by atoms with E-state index in [1.165, 1.54) is 0 Å². The Hall–Kier alpha value is -3.09. The Morgan fingerprint density at radius 3 is 2.70 bits per heavy atom. The highest BCUT2D eigenvalue weighted by atomic mass is 16.6. The molecule has 7 nitrogen and oxygen atoms in total. The third kappa shape index (κ3) is 4.75. The lowest BCUT2D eigenvalue weighted by molar-refractivity contribution is -0.145. The van der Waals surface area contributed by atoms with Crippen molar-refractivity contribution in [3.05, 3.63) is 42.6 Å². The van der Waals surface area contributed by atoms with Crippen molar-refractivity contribution in [1.29, 1.82) is 0 Å². The molecule has 3 aromatic rings. The molecule has 3 rings (SSSR count). The highest BCUT2D eigenvalue weighted by Gasteiger charge is 2.09. The van der Waals surface area contributed by atoms with Crippen LogP contribution in [0.2, 0.25) is 0 Å². The number of fused-ring (bicyclic) bond motifs is 1. The SMILES string of the molecule is CCCCNc1ccc2ncc(-c3ccc(OCC(=O)OCC)cc3)n2n1. The molecule has 0 bridgehead atoms. The standard InChI is InChI=1S/C20H24N4O3/c1-3-5-12-21-18-10-11-19-22-13-17(24(19)23-18)15-6-8-16(9-7-15)27-14-20(25)26-4-2/h6-11,13H,3-5,12,14H2,1-2H3,(H,21,23). The van der Waals surface area contributed by atoms with Crippen LogP contribution in [0.1, 0.15) is 26.7 Å². The maximum absolute atomic E-state index is 11.4. The molecule has 0 aliphatic carbocycles. The van der Waals surface area contributed by atoms with Crippen LogP contribution in [0.3, 0.4) is 0 Å². The highest BCUT2D eigenvalue weighted by Crippen LogP contribution is 2.23. The molecular weight excluding hydrogens is 344 g/mol. The third-order valence-electron chi connectivity index (χ3n) is 4.01. The van der Waals surface area contributed by atoms with Gasteiger partial charge < -0.3 is 14.8 Å². The van der Waals surface area contributed by atoms with Gasteiger partial charge in [-0.25, -0.2) is 14.3 Å². The maximum atomic E-state index is 11.4. The number of hydrogen-bond acceptors (Lipinski definition) is 6. The van der Waals surface area contributed by atoms with Crippen LogP contribution in [0.15, 0.2) is 42.6 Å². The lowest BCUT2D eigenvalue weighted by atomic mass is 10.1. The van der Waals surface area contributed by atoms with Gasteiger partial charge >= 0.3 is 5.97 Å². The Kier molecular flexibility index (Phi) is 6.25. The second-order valence-electron chi connectivity index (χ2n) is 6.03. The van der Waals surface area contributed by atoms with E-state index in [4.69, 9.17) is 9.47 Å². The van der Waals surface area contributed by atoms with Crippen LogP contribution in [-0.4, -0.2) is 40.3 Å². The van der Waals surface area contributed by atoms with Gasteiger partial charge in [-0.2, -0.15) is 0 Å². The monoisotopic (exact) mass is 368 g/mol. The fourth-order valence-corrected chi connectivity index (χ4v) is 2.62. The highest BCUT2D eigenvalue weighted by molar-refractivity contribution is 5.71. The molecule has 0 aliphatic heterocycles. The van der Waals surface area contributed by atoms with Gasteiger partial charge in [-0.3, -0.25) is 0 Å². The summed E-state index contributed by atoms with van der Waals surface area (Å²) in [5.41, 5.74) is 2.64. The second kappa shape index (κ2) is 9.02. The molecule has 142 valence electrons. The fourth-order valence-electron chi connectivity index (χ4n) is 2.62. The molecule has 0 saturated carbocycles. The number of ether oxygens (including phenoxy) is 2. The smallest absolute Gasteiger partial charge is 0.344 e. The Bertz CT molecular complexity index is 890. The summed E-state index contributed by atoms with van der Waals surface area (Å²) in [5, 5.41) is 7.97. The Morgan fingerprint density at radius 2 is 1.96 bits per heavy atom. The first-order valence-electron chi connectivity index (χ1n) is 9.18. The van der Waals surface area contributed by atoms with Gasteiger partial charge in [0, 0.05) is 12.1 Å². The second-order valence-corrected chi connectivity index (χ2v) is 6.03. The average Bonchev–Trinajstić information content (AvgIpc) is 3.10. The normalized spacial score (nSPS) is 10.7. The van der Waals surface area contributed by atoms with Crippen LogP contribution in [0.4, 0.5) is 5.82 Å². The van der Waals surface area contributed by atoms with E-state index in [1.807, 2.05) is 40.9 Å². The molecule has 0 amide bonds. The zero-order valence-electron chi connectivity index (χ0n) is 15.6. The molecular formula is C20H24N4O3. The molecule has 0 atom stereocenters. The van der Waals surface area contributed by atoms with Gasteiger partial charge in [0.25, 0.3) is 0 Å². The van der Waals surface area contributed by atoms with Crippen LogP contribution >= 0.6 is 0 Å². The lowest BCUT2D eigenvalue weighted by Crippen LogP contribution is -2.14. The van der Waals surface area contributed by atoms with Gasteiger partial charge in [-0.1, -0.05) is 13.3 Å². The number of imidazole rings is 1. The van der Waals surface area contributed by atoms with Crippen LogP contribution in [0.5, 0.6) is 5.75 Å². The van der Waals surface area contributed by atoms with E-state index in [9.17, 15) is 4.79 Å². The summed E-state index contributed by atoms with van der Waals surface area (Å²) >= 11 is 0. The first kappa shape index (κ1) is 18.7. The predicted molar refractivity (Wildman–Crippen MR) is 104 cm³/mol. The van der Waals surface area contributed by atoms with E-state index in [2.05, 4.69) is 22.3 Å². The summed E-state index contributed by atoms with van der Waals surface area (Å²) in [6, 6.07) is 11.4. The molecule has 0 unspecified atom stereocenters.